The number of para-hydroxylation sites is 1. The minimum Gasteiger partial charge on any atom is -0.491 e. The van der Waals surface area contributed by atoms with Crippen LogP contribution < -0.4 is 4.74 Å². The SMILES string of the molecule is O=C(Cc1cccs1)N1CCC(CCOc2ccccc2F)CC1. The highest BCUT2D eigenvalue weighted by atomic mass is 32.1. The van der Waals surface area contributed by atoms with Crippen LogP contribution in [0.2, 0.25) is 0 Å². The van der Waals surface area contributed by atoms with Gasteiger partial charge in [-0.25, -0.2) is 4.39 Å². The van der Waals surface area contributed by atoms with E-state index in [9.17, 15) is 9.18 Å². The van der Waals surface area contributed by atoms with E-state index in [1.54, 1.807) is 29.5 Å². The lowest BCUT2D eigenvalue weighted by Gasteiger charge is -2.32. The van der Waals surface area contributed by atoms with Crippen LogP contribution in [0.15, 0.2) is 41.8 Å². The molecule has 0 N–H and O–H groups in total. The number of hydrogen-bond acceptors (Lipinski definition) is 3. The first-order valence-corrected chi connectivity index (χ1v) is 9.28. The van der Waals surface area contributed by atoms with Crippen LogP contribution in [-0.4, -0.2) is 30.5 Å². The van der Waals surface area contributed by atoms with Crippen LogP contribution in [-0.2, 0) is 11.2 Å². The highest BCUT2D eigenvalue weighted by Crippen LogP contribution is 2.23. The van der Waals surface area contributed by atoms with Crippen LogP contribution in [0.25, 0.3) is 0 Å². The molecule has 0 bridgehead atoms. The molecule has 3 nitrogen and oxygen atoms in total. The fraction of sp³-hybridized carbons (Fsp3) is 0.421. The fourth-order valence-corrected chi connectivity index (χ4v) is 3.74. The molecule has 24 heavy (non-hydrogen) atoms. The number of ether oxygens (including phenoxy) is 1. The van der Waals surface area contributed by atoms with Crippen LogP contribution in [0.4, 0.5) is 4.39 Å². The van der Waals surface area contributed by atoms with E-state index in [4.69, 9.17) is 4.74 Å². The summed E-state index contributed by atoms with van der Waals surface area (Å²) in [5.41, 5.74) is 0. The van der Waals surface area contributed by atoms with Crippen LogP contribution >= 0.6 is 11.3 Å². The second-order valence-corrected chi connectivity index (χ2v) is 7.18. The summed E-state index contributed by atoms with van der Waals surface area (Å²) in [4.78, 5) is 15.4. The van der Waals surface area contributed by atoms with Gasteiger partial charge in [-0.05, 0) is 48.8 Å². The first-order chi connectivity index (χ1) is 11.7. The summed E-state index contributed by atoms with van der Waals surface area (Å²) in [5.74, 6) is 0.772. The summed E-state index contributed by atoms with van der Waals surface area (Å²) in [6.07, 6.45) is 3.41. The van der Waals surface area contributed by atoms with Gasteiger partial charge in [0.15, 0.2) is 11.6 Å². The summed E-state index contributed by atoms with van der Waals surface area (Å²) in [6, 6.07) is 10.5. The lowest BCUT2D eigenvalue weighted by atomic mass is 9.94. The Bertz CT molecular complexity index is 651. The molecule has 1 aliphatic rings. The Hall–Kier alpha value is -1.88. The molecule has 1 aliphatic heterocycles. The highest BCUT2D eigenvalue weighted by Gasteiger charge is 2.23. The minimum absolute atomic E-state index is 0.221. The topological polar surface area (TPSA) is 29.5 Å². The normalized spacial score (nSPS) is 15.5. The number of likely N-dealkylation sites (tertiary alicyclic amines) is 1. The zero-order valence-electron chi connectivity index (χ0n) is 13.6. The molecule has 0 radical (unpaired) electrons. The number of carbonyl (C=O) groups excluding carboxylic acids is 1. The van der Waals surface area contributed by atoms with Crippen molar-refractivity contribution < 1.29 is 13.9 Å². The Kier molecular flexibility index (Phi) is 5.86. The Morgan fingerprint density at radius 2 is 2.00 bits per heavy atom. The molecular weight excluding hydrogens is 325 g/mol. The van der Waals surface area contributed by atoms with Crippen LogP contribution in [0.5, 0.6) is 5.75 Å². The van der Waals surface area contributed by atoms with Gasteiger partial charge in [0.1, 0.15) is 0 Å². The molecule has 0 aliphatic carbocycles. The molecular formula is C19H22FNO2S. The summed E-state index contributed by atoms with van der Waals surface area (Å²) in [7, 11) is 0. The van der Waals surface area contributed by atoms with Crippen molar-refractivity contribution in [3.05, 3.63) is 52.5 Å². The van der Waals surface area contributed by atoms with Gasteiger partial charge in [0.05, 0.1) is 13.0 Å². The van der Waals surface area contributed by atoms with Gasteiger partial charge in [0.2, 0.25) is 5.91 Å². The van der Waals surface area contributed by atoms with Gasteiger partial charge in [-0.3, -0.25) is 4.79 Å². The van der Waals surface area contributed by atoms with E-state index in [2.05, 4.69) is 0 Å². The van der Waals surface area contributed by atoms with Gasteiger partial charge in [0.25, 0.3) is 0 Å². The van der Waals surface area contributed by atoms with Crippen LogP contribution in [0.1, 0.15) is 24.1 Å². The Labute approximate surface area is 146 Å². The molecule has 1 fully saturated rings. The second kappa shape index (κ2) is 8.29. The molecule has 0 spiro atoms. The molecule has 0 atom stereocenters. The molecule has 2 heterocycles. The number of halogens is 1. The molecule has 1 saturated heterocycles. The predicted octanol–water partition coefficient (Wildman–Crippen LogP) is 4.14. The number of hydrogen-bond donors (Lipinski definition) is 0. The van der Waals surface area contributed by atoms with Gasteiger partial charge in [-0.1, -0.05) is 18.2 Å². The van der Waals surface area contributed by atoms with Crippen molar-refractivity contribution in [2.45, 2.75) is 25.7 Å². The minimum atomic E-state index is -0.313. The maximum Gasteiger partial charge on any atom is 0.227 e. The van der Waals surface area contributed by atoms with Gasteiger partial charge in [-0.15, -0.1) is 11.3 Å². The van der Waals surface area contributed by atoms with Gasteiger partial charge < -0.3 is 9.64 Å². The number of benzene rings is 1. The van der Waals surface area contributed by atoms with Crippen molar-refractivity contribution in [3.8, 4) is 5.75 Å². The van der Waals surface area contributed by atoms with E-state index < -0.39 is 0 Å². The Balaban J connectivity index is 1.37. The molecule has 1 aromatic carbocycles. The van der Waals surface area contributed by atoms with Gasteiger partial charge in [-0.2, -0.15) is 0 Å². The number of rotatable bonds is 6. The standard InChI is InChI=1S/C19H22FNO2S/c20-17-5-1-2-6-18(17)23-12-9-15-7-10-21(11-8-15)19(22)14-16-4-3-13-24-16/h1-6,13,15H,7-12,14H2. The van der Waals surface area contributed by atoms with E-state index >= 15 is 0 Å². The maximum atomic E-state index is 13.5. The third-order valence-corrected chi connectivity index (χ3v) is 5.37. The molecule has 2 aromatic rings. The first-order valence-electron chi connectivity index (χ1n) is 8.40. The number of amides is 1. The van der Waals surface area contributed by atoms with E-state index in [1.165, 1.54) is 6.07 Å². The number of thiophene rings is 1. The average molecular weight is 347 g/mol. The number of nitrogens with zero attached hydrogens (tertiary/aromatic N) is 1. The molecule has 128 valence electrons. The molecule has 1 aromatic heterocycles. The van der Waals surface area contributed by atoms with Crippen molar-refractivity contribution >= 4 is 17.2 Å². The third-order valence-electron chi connectivity index (χ3n) is 4.49. The monoisotopic (exact) mass is 347 g/mol. The van der Waals surface area contributed by atoms with Crippen molar-refractivity contribution in [2.75, 3.05) is 19.7 Å². The third kappa shape index (κ3) is 4.57. The summed E-state index contributed by atoms with van der Waals surface area (Å²) >= 11 is 1.63. The van der Waals surface area contributed by atoms with Gasteiger partial charge >= 0.3 is 0 Å². The maximum absolute atomic E-state index is 13.5. The lowest BCUT2D eigenvalue weighted by molar-refractivity contribution is -0.131. The van der Waals surface area contributed by atoms with E-state index in [0.717, 1.165) is 37.2 Å². The number of piperidine rings is 1. The molecule has 0 unspecified atom stereocenters. The average Bonchev–Trinajstić information content (AvgIpc) is 3.10. The van der Waals surface area contributed by atoms with E-state index in [1.807, 2.05) is 22.4 Å². The van der Waals surface area contributed by atoms with Crippen molar-refractivity contribution in [3.63, 3.8) is 0 Å². The van der Waals surface area contributed by atoms with Crippen molar-refractivity contribution in [1.82, 2.24) is 4.90 Å². The summed E-state index contributed by atoms with van der Waals surface area (Å²) in [6.45, 7) is 2.15. The zero-order valence-corrected chi connectivity index (χ0v) is 14.4. The molecule has 0 saturated carbocycles. The summed E-state index contributed by atoms with van der Waals surface area (Å²) in [5, 5.41) is 2.00. The molecule has 3 rings (SSSR count). The van der Waals surface area contributed by atoms with Gasteiger partial charge in [0, 0.05) is 18.0 Å². The van der Waals surface area contributed by atoms with Crippen LogP contribution in [0, 0.1) is 11.7 Å². The zero-order chi connectivity index (χ0) is 16.8. The van der Waals surface area contributed by atoms with E-state index in [-0.39, 0.29) is 11.7 Å². The summed E-state index contributed by atoms with van der Waals surface area (Å²) < 4.78 is 19.0. The quantitative estimate of drug-likeness (QED) is 0.786. The highest BCUT2D eigenvalue weighted by molar-refractivity contribution is 7.10. The van der Waals surface area contributed by atoms with Crippen molar-refractivity contribution in [2.24, 2.45) is 5.92 Å². The fourth-order valence-electron chi connectivity index (χ4n) is 3.04. The largest absolute Gasteiger partial charge is 0.491 e. The van der Waals surface area contributed by atoms with Crippen LogP contribution in [0.3, 0.4) is 0 Å². The molecule has 5 heteroatoms. The lowest BCUT2D eigenvalue weighted by Crippen LogP contribution is -2.39. The second-order valence-electron chi connectivity index (χ2n) is 6.15. The molecule has 1 amide bonds. The van der Waals surface area contributed by atoms with Crippen molar-refractivity contribution in [1.29, 1.82) is 0 Å². The first kappa shape index (κ1) is 17.0. The predicted molar refractivity (Wildman–Crippen MR) is 93.8 cm³/mol. The van der Waals surface area contributed by atoms with E-state index in [0.29, 0.717) is 24.7 Å². The Morgan fingerprint density at radius 3 is 2.71 bits per heavy atom. The Morgan fingerprint density at radius 1 is 1.21 bits per heavy atom. The smallest absolute Gasteiger partial charge is 0.227 e. The number of carbonyl (C=O) groups is 1.